The van der Waals surface area contributed by atoms with Crippen LogP contribution in [0.4, 0.5) is 13.2 Å². The second-order valence-corrected chi connectivity index (χ2v) is 10.0. The number of Topliss-reactive ketones (excluding diaryl/α,β-unsaturated/α-hetero) is 1. The number of amides is 3. The highest BCUT2D eigenvalue weighted by Crippen LogP contribution is 2.55. The molecular weight excluding hydrogens is 447 g/mol. The summed E-state index contributed by atoms with van der Waals surface area (Å²) < 4.78 is 40.9. The molecule has 33 heavy (non-hydrogen) atoms. The first-order chi connectivity index (χ1) is 15.2. The average Bonchev–Trinajstić information content (AvgIpc) is 3.12. The second kappa shape index (κ2) is 9.21. The van der Waals surface area contributed by atoms with Crippen LogP contribution < -0.4 is 10.6 Å². The zero-order valence-electron chi connectivity index (χ0n) is 18.7. The van der Waals surface area contributed by atoms with Crippen molar-refractivity contribution in [2.45, 2.75) is 76.4 Å². The minimum absolute atomic E-state index is 0.160. The van der Waals surface area contributed by atoms with Gasteiger partial charge in [0, 0.05) is 19.0 Å². The highest BCUT2D eigenvalue weighted by atomic mass is 19.4. The molecule has 3 rings (SSSR count). The Morgan fingerprint density at radius 1 is 1.30 bits per heavy atom. The molecule has 0 radical (unpaired) electrons. The van der Waals surface area contributed by atoms with E-state index >= 15 is 0 Å². The average molecular weight is 477 g/mol. The van der Waals surface area contributed by atoms with Gasteiger partial charge in [-0.1, -0.05) is 0 Å². The van der Waals surface area contributed by atoms with E-state index in [1.165, 1.54) is 18.7 Å². The Balaban J connectivity index is 1.72. The molecule has 3 aliphatic rings. The monoisotopic (exact) mass is 477 g/mol. The van der Waals surface area contributed by atoms with Gasteiger partial charge in [-0.05, 0) is 51.4 Å². The van der Waals surface area contributed by atoms with E-state index < -0.39 is 54.2 Å². The van der Waals surface area contributed by atoms with Crippen LogP contribution in [0.15, 0.2) is 0 Å². The summed E-state index contributed by atoms with van der Waals surface area (Å²) in [5.41, 5.74) is -1.46. The second-order valence-electron chi connectivity index (χ2n) is 10.0. The lowest BCUT2D eigenvalue weighted by molar-refractivity contribution is -0.321. The minimum Gasteiger partial charge on any atom is -0.390 e. The highest BCUT2D eigenvalue weighted by molar-refractivity contribution is 5.94. The lowest BCUT2D eigenvalue weighted by atomic mass is 9.95. The van der Waals surface area contributed by atoms with Crippen LogP contribution >= 0.6 is 0 Å². The normalized spacial score (nSPS) is 25.2. The molecule has 0 unspecified atom stereocenters. The van der Waals surface area contributed by atoms with Gasteiger partial charge >= 0.3 is 6.36 Å². The number of alkyl halides is 3. The molecule has 12 heteroatoms. The SMILES string of the molecule is CC(C)(O)CC(=O)N1CC2(CC2)C[C@H]1C(=O)N[C@@H](C[C@@H]1CCNC1=O)C(=O)COC(F)(F)F. The van der Waals surface area contributed by atoms with Gasteiger partial charge in [0.1, 0.15) is 12.6 Å². The van der Waals surface area contributed by atoms with Crippen LogP contribution in [-0.4, -0.2) is 77.3 Å². The summed E-state index contributed by atoms with van der Waals surface area (Å²) in [6.45, 7) is 2.39. The van der Waals surface area contributed by atoms with E-state index in [4.69, 9.17) is 0 Å². The number of ether oxygens (including phenoxy) is 1. The van der Waals surface area contributed by atoms with E-state index in [2.05, 4.69) is 15.4 Å². The van der Waals surface area contributed by atoms with Crippen LogP contribution in [0, 0.1) is 11.3 Å². The number of ketones is 1. The molecule has 1 saturated carbocycles. The van der Waals surface area contributed by atoms with Gasteiger partial charge in [-0.2, -0.15) is 0 Å². The first-order valence-corrected chi connectivity index (χ1v) is 11.0. The maximum Gasteiger partial charge on any atom is 0.522 e. The quantitative estimate of drug-likeness (QED) is 0.448. The number of rotatable bonds is 9. The summed E-state index contributed by atoms with van der Waals surface area (Å²) in [5.74, 6) is -3.04. The first kappa shape index (κ1) is 25.4. The van der Waals surface area contributed by atoms with Crippen molar-refractivity contribution in [2.75, 3.05) is 19.7 Å². The number of carbonyl (C=O) groups is 4. The van der Waals surface area contributed by atoms with Crippen LogP contribution in [0.1, 0.15) is 52.4 Å². The standard InChI is InChI=1S/C21H30F3N3O6/c1-19(2,32)9-16(29)27-11-20(4-5-20)8-14(27)18(31)26-13(7-12-3-6-25-17(12)30)15(28)10-33-21(22,23)24/h12-14,32H,3-11H2,1-2H3,(H,25,30)(H,26,31)/t12-,13-,14-/m0/s1. The Kier molecular flexibility index (Phi) is 7.09. The summed E-state index contributed by atoms with van der Waals surface area (Å²) in [6.07, 6.45) is -2.93. The number of hydrogen-bond donors (Lipinski definition) is 3. The fourth-order valence-corrected chi connectivity index (χ4v) is 4.51. The molecule has 9 nitrogen and oxygen atoms in total. The predicted molar refractivity (Wildman–Crippen MR) is 107 cm³/mol. The van der Waals surface area contributed by atoms with Gasteiger partial charge in [0.15, 0.2) is 5.78 Å². The smallest absolute Gasteiger partial charge is 0.390 e. The van der Waals surface area contributed by atoms with E-state index in [-0.39, 0.29) is 24.2 Å². The molecule has 1 aliphatic carbocycles. The van der Waals surface area contributed by atoms with Gasteiger partial charge < -0.3 is 20.6 Å². The third-order valence-corrected chi connectivity index (χ3v) is 6.44. The maximum atomic E-state index is 13.1. The molecule has 0 aromatic heterocycles. The number of aliphatic hydroxyl groups is 1. The minimum atomic E-state index is -5.01. The lowest BCUT2D eigenvalue weighted by Gasteiger charge is -2.28. The molecule has 2 aliphatic heterocycles. The van der Waals surface area contributed by atoms with Crippen LogP contribution in [0.25, 0.3) is 0 Å². The van der Waals surface area contributed by atoms with Crippen LogP contribution in [0.5, 0.6) is 0 Å². The molecule has 1 spiro atoms. The van der Waals surface area contributed by atoms with Gasteiger partial charge in [-0.3, -0.25) is 23.9 Å². The molecule has 3 fully saturated rings. The Labute approximate surface area is 189 Å². The van der Waals surface area contributed by atoms with Gasteiger partial charge in [0.05, 0.1) is 18.1 Å². The summed E-state index contributed by atoms with van der Waals surface area (Å²) >= 11 is 0. The van der Waals surface area contributed by atoms with Crippen molar-refractivity contribution in [3.05, 3.63) is 0 Å². The number of likely N-dealkylation sites (tertiary alicyclic amines) is 1. The maximum absolute atomic E-state index is 13.1. The van der Waals surface area contributed by atoms with Crippen LogP contribution in [0.2, 0.25) is 0 Å². The summed E-state index contributed by atoms with van der Waals surface area (Å²) in [4.78, 5) is 51.7. The van der Waals surface area contributed by atoms with Gasteiger partial charge in [-0.25, -0.2) is 0 Å². The Bertz CT molecular complexity index is 806. The molecule has 3 amide bonds. The van der Waals surface area contributed by atoms with Crippen molar-refractivity contribution in [3.63, 3.8) is 0 Å². The summed E-state index contributed by atoms with van der Waals surface area (Å²) in [5, 5.41) is 15.1. The van der Waals surface area contributed by atoms with Crippen molar-refractivity contribution in [2.24, 2.45) is 11.3 Å². The predicted octanol–water partition coefficient (Wildman–Crippen LogP) is 0.645. The molecule has 0 aromatic rings. The molecule has 3 N–H and O–H groups in total. The van der Waals surface area contributed by atoms with E-state index in [0.29, 0.717) is 25.9 Å². The highest BCUT2D eigenvalue weighted by Gasteiger charge is 2.55. The Hall–Kier alpha value is -2.21. The van der Waals surface area contributed by atoms with Crippen molar-refractivity contribution in [1.29, 1.82) is 0 Å². The first-order valence-electron chi connectivity index (χ1n) is 11.0. The van der Waals surface area contributed by atoms with Gasteiger partial charge in [-0.15, -0.1) is 13.2 Å². The van der Waals surface area contributed by atoms with E-state index in [1.807, 2.05) is 0 Å². The van der Waals surface area contributed by atoms with Crippen LogP contribution in [-0.2, 0) is 23.9 Å². The number of nitrogens with zero attached hydrogens (tertiary/aromatic N) is 1. The molecular formula is C21H30F3N3O6. The largest absolute Gasteiger partial charge is 0.522 e. The molecule has 186 valence electrons. The number of nitrogens with one attached hydrogen (secondary N) is 2. The third-order valence-electron chi connectivity index (χ3n) is 6.44. The van der Waals surface area contributed by atoms with Crippen molar-refractivity contribution < 1.29 is 42.2 Å². The zero-order chi connectivity index (χ0) is 24.6. The fraction of sp³-hybridized carbons (Fsp3) is 0.810. The topological polar surface area (TPSA) is 125 Å². The van der Waals surface area contributed by atoms with Crippen molar-refractivity contribution in [1.82, 2.24) is 15.5 Å². The molecule has 2 saturated heterocycles. The van der Waals surface area contributed by atoms with Gasteiger partial charge in [0.25, 0.3) is 0 Å². The van der Waals surface area contributed by atoms with Crippen LogP contribution in [0.3, 0.4) is 0 Å². The van der Waals surface area contributed by atoms with E-state index in [0.717, 1.165) is 12.8 Å². The number of hydrogen-bond acceptors (Lipinski definition) is 6. The van der Waals surface area contributed by atoms with E-state index in [1.54, 1.807) is 0 Å². The molecule has 3 atom stereocenters. The number of carbonyl (C=O) groups excluding carboxylic acids is 4. The molecule has 2 heterocycles. The summed E-state index contributed by atoms with van der Waals surface area (Å²) in [7, 11) is 0. The Morgan fingerprint density at radius 2 is 1.97 bits per heavy atom. The molecule has 0 bridgehead atoms. The van der Waals surface area contributed by atoms with Crippen molar-refractivity contribution in [3.8, 4) is 0 Å². The Morgan fingerprint density at radius 3 is 2.48 bits per heavy atom. The lowest BCUT2D eigenvalue weighted by Crippen LogP contribution is -2.52. The zero-order valence-corrected chi connectivity index (χ0v) is 18.7. The third kappa shape index (κ3) is 6.89. The molecule has 0 aromatic carbocycles. The van der Waals surface area contributed by atoms with Gasteiger partial charge in [0.2, 0.25) is 17.7 Å². The fourth-order valence-electron chi connectivity index (χ4n) is 4.51. The van der Waals surface area contributed by atoms with Crippen molar-refractivity contribution >= 4 is 23.5 Å². The summed E-state index contributed by atoms with van der Waals surface area (Å²) in [6, 6.07) is -2.27. The van der Waals surface area contributed by atoms with E-state index in [9.17, 15) is 37.5 Å². The number of halogens is 3.